The van der Waals surface area contributed by atoms with Crippen molar-refractivity contribution >= 4 is 74.9 Å². The summed E-state index contributed by atoms with van der Waals surface area (Å²) in [6.07, 6.45) is 2.12. The maximum atomic E-state index is 15.0. The van der Waals surface area contributed by atoms with Crippen LogP contribution in [0.1, 0.15) is 88.2 Å². The number of aryl methyl sites for hydroxylation is 3. The molecule has 0 saturated carbocycles. The third-order valence-corrected chi connectivity index (χ3v) is 18.3. The van der Waals surface area contributed by atoms with E-state index in [9.17, 15) is 24.0 Å². The second kappa shape index (κ2) is 31.3. The Bertz CT molecular complexity index is 3690. The van der Waals surface area contributed by atoms with Gasteiger partial charge in [0.1, 0.15) is 35.7 Å². The fourth-order valence-corrected chi connectivity index (χ4v) is 13.8. The molecule has 21 heteroatoms. The zero-order valence-corrected chi connectivity index (χ0v) is 55.5. The predicted octanol–water partition coefficient (Wildman–Crippen LogP) is 9.40. The number of ketones is 2. The Kier molecular flexibility index (Phi) is 22.9. The molecule has 3 aliphatic rings. The molecule has 2 atom stereocenters. The number of anilines is 2. The van der Waals surface area contributed by atoms with Crippen molar-refractivity contribution in [1.82, 2.24) is 38.1 Å². The first-order valence-electron chi connectivity index (χ1n) is 32.3. The van der Waals surface area contributed by atoms with Gasteiger partial charge in [0.05, 0.1) is 67.3 Å². The van der Waals surface area contributed by atoms with Crippen molar-refractivity contribution < 1.29 is 47.7 Å². The molecule has 4 heterocycles. The van der Waals surface area contributed by atoms with Gasteiger partial charge in [-0.2, -0.15) is 5.10 Å². The van der Waals surface area contributed by atoms with E-state index in [0.717, 1.165) is 120 Å². The number of aromatic nitrogens is 3. The van der Waals surface area contributed by atoms with Crippen LogP contribution < -0.4 is 25.0 Å². The van der Waals surface area contributed by atoms with Crippen molar-refractivity contribution in [2.24, 2.45) is 18.9 Å². The predicted molar refractivity (Wildman–Crippen MR) is 362 cm³/mol. The Hall–Kier alpha value is -7.63. The van der Waals surface area contributed by atoms with Crippen molar-refractivity contribution in [2.45, 2.75) is 72.1 Å². The zero-order valence-electron chi connectivity index (χ0n) is 54.7. The maximum Gasteiger partial charge on any atom is 0.355 e. The van der Waals surface area contributed by atoms with Gasteiger partial charge in [-0.15, -0.1) is 0 Å². The molecule has 20 nitrogen and oxygen atoms in total. The number of nitrogens with zero attached hydrogens (tertiary/aromatic N) is 8. The van der Waals surface area contributed by atoms with Gasteiger partial charge in [-0.1, -0.05) is 66.7 Å². The molecule has 2 fully saturated rings. The average Bonchev–Trinajstić information content (AvgIpc) is 1.59. The molecule has 2 aromatic heterocycles. The lowest BCUT2D eigenvalue weighted by Crippen LogP contribution is -2.48. The molecule has 2 aliphatic heterocycles. The van der Waals surface area contributed by atoms with Crippen LogP contribution in [-0.2, 0) is 50.4 Å². The van der Waals surface area contributed by atoms with E-state index in [1.54, 1.807) is 30.3 Å². The number of rotatable bonds is 31. The minimum Gasteiger partial charge on any atom is -0.493 e. The summed E-state index contributed by atoms with van der Waals surface area (Å²) >= 11 is 1.77. The van der Waals surface area contributed by atoms with E-state index in [2.05, 4.69) is 113 Å². The van der Waals surface area contributed by atoms with Crippen LogP contribution in [0.25, 0.3) is 32.8 Å². The van der Waals surface area contributed by atoms with Crippen molar-refractivity contribution in [3.8, 4) is 22.6 Å². The van der Waals surface area contributed by atoms with Crippen LogP contribution in [0.5, 0.6) is 11.5 Å². The number of carbonyl (C=O) groups excluding carboxylic acids is 5. The topological polar surface area (TPSA) is 195 Å². The molecule has 1 amide bonds. The van der Waals surface area contributed by atoms with E-state index in [1.165, 1.54) is 12.7 Å². The third-order valence-electron chi connectivity index (χ3n) is 17.4. The molecule has 0 radical (unpaired) electrons. The zero-order chi connectivity index (χ0) is 64.9. The van der Waals surface area contributed by atoms with Crippen LogP contribution >= 0.6 is 12.1 Å². The molecule has 2 N–H and O–H groups in total. The molecule has 7 aromatic rings. The number of amides is 1. The van der Waals surface area contributed by atoms with Crippen molar-refractivity contribution in [3.63, 3.8) is 0 Å². The fourth-order valence-electron chi connectivity index (χ4n) is 13.0. The lowest BCUT2D eigenvalue weighted by molar-refractivity contribution is -0.125. The lowest BCUT2D eigenvalue weighted by Gasteiger charge is -2.36. The number of hydrogen-bond donors (Lipinski definition) is 2. The second-order valence-electron chi connectivity index (χ2n) is 25.0. The van der Waals surface area contributed by atoms with Crippen LogP contribution in [0, 0.1) is 18.8 Å². The SMILES string of the molecule is CNC(=O)C(CCC=O)C1C(=O)c2cccc(NCCOCCOCCN3CCN(CCn4c(C(=O)OC(C)(C)C)c(CCCOc5cccc6ccccc56)c5cccc(-c6c(C)nn(C)c6COc6ccc(N7CCN(SN(C)C)CC7)cc6)c54)CC3)c2C1=O. The minimum absolute atomic E-state index is 0.0710. The van der Waals surface area contributed by atoms with Gasteiger partial charge in [0.2, 0.25) is 5.91 Å². The number of carbonyl (C=O) groups is 5. The first-order chi connectivity index (χ1) is 44.5. The highest BCUT2D eigenvalue weighted by Gasteiger charge is 2.47. The van der Waals surface area contributed by atoms with Gasteiger partial charge in [0, 0.05) is 150 Å². The molecular formula is C71H90N10O10S. The van der Waals surface area contributed by atoms with E-state index < -0.39 is 34.9 Å². The standard InChI is InChI=1S/C71H90N10O10S/c1-49-62(60(76(8)74-49)48-90-52-28-26-51(27-29-52)79-36-38-80(39-37-79)92-75(6)7)56-20-12-19-54-55(23-15-43-89-61-25-11-17-50-16-9-10-18-53(50)61)66(70(86)91-71(2,3)4)81(65(54)56)40-35-77-31-33-78(34-32-77)41-45-88-47-46-87-44-30-73-59-24-13-21-57-63(59)68(84)64(67(57)83)58(22-14-42-82)69(85)72-5/h9-13,16-21,24-29,42,58,64,73H,14-15,22-23,30-41,43-48H2,1-8H3,(H,72,85). The number of fused-ring (bicyclic) bond motifs is 3. The normalized spacial score (nSPS) is 16.2. The number of hydrogen-bond acceptors (Lipinski definition) is 18. The molecule has 5 aromatic carbocycles. The van der Waals surface area contributed by atoms with Gasteiger partial charge in [0.25, 0.3) is 0 Å². The molecule has 0 bridgehead atoms. The van der Waals surface area contributed by atoms with Crippen LogP contribution in [-0.4, -0.2) is 194 Å². The van der Waals surface area contributed by atoms with Crippen LogP contribution in [0.2, 0.25) is 0 Å². The Morgan fingerprint density at radius 2 is 1.43 bits per heavy atom. The largest absolute Gasteiger partial charge is 0.493 e. The number of Topliss-reactive ketones (excluding diaryl/α,β-unsaturated/α-hetero) is 2. The summed E-state index contributed by atoms with van der Waals surface area (Å²) in [5.41, 5.74) is 7.70. The summed E-state index contributed by atoms with van der Waals surface area (Å²) in [5.74, 6) is -2.09. The van der Waals surface area contributed by atoms with Gasteiger partial charge in [-0.3, -0.25) is 28.9 Å². The van der Waals surface area contributed by atoms with Gasteiger partial charge >= 0.3 is 5.97 Å². The molecule has 92 heavy (non-hydrogen) atoms. The third kappa shape index (κ3) is 16.2. The van der Waals surface area contributed by atoms with Gasteiger partial charge in [0.15, 0.2) is 11.6 Å². The summed E-state index contributed by atoms with van der Waals surface area (Å²) in [6.45, 7) is 19.9. The Balaban J connectivity index is 0.787. The lowest BCUT2D eigenvalue weighted by atomic mass is 9.84. The van der Waals surface area contributed by atoms with E-state index in [4.69, 9.17) is 28.8 Å². The number of para-hydroxylation sites is 1. The van der Waals surface area contributed by atoms with Crippen LogP contribution in [0.3, 0.4) is 0 Å². The molecular weight excluding hydrogens is 1180 g/mol. The molecule has 0 spiro atoms. The van der Waals surface area contributed by atoms with Crippen molar-refractivity contribution in [1.29, 1.82) is 0 Å². The maximum absolute atomic E-state index is 15.0. The first kappa shape index (κ1) is 67.3. The number of aldehydes is 1. The van der Waals surface area contributed by atoms with Crippen LogP contribution in [0.4, 0.5) is 11.4 Å². The number of nitrogens with one attached hydrogen (secondary N) is 2. The Labute approximate surface area is 545 Å². The monoisotopic (exact) mass is 1270 g/mol. The van der Waals surface area contributed by atoms with E-state index in [0.29, 0.717) is 83.2 Å². The van der Waals surface area contributed by atoms with Crippen LogP contribution in [0.15, 0.2) is 103 Å². The van der Waals surface area contributed by atoms with E-state index in [1.807, 2.05) is 63.7 Å². The van der Waals surface area contributed by atoms with Gasteiger partial charge in [-0.05, 0) is 108 Å². The first-order valence-corrected chi connectivity index (χ1v) is 33.0. The second-order valence-corrected chi connectivity index (χ2v) is 26.4. The number of piperazine rings is 2. The number of ether oxygens (including phenoxy) is 5. The van der Waals surface area contributed by atoms with E-state index in [-0.39, 0.29) is 36.5 Å². The van der Waals surface area contributed by atoms with E-state index >= 15 is 0 Å². The molecule has 490 valence electrons. The smallest absolute Gasteiger partial charge is 0.355 e. The highest BCUT2D eigenvalue weighted by Crippen LogP contribution is 2.41. The Morgan fingerprint density at radius 1 is 0.750 bits per heavy atom. The van der Waals surface area contributed by atoms with Gasteiger partial charge in [-0.25, -0.2) is 13.4 Å². The number of esters is 1. The van der Waals surface area contributed by atoms with Gasteiger partial charge < -0.3 is 48.6 Å². The summed E-state index contributed by atoms with van der Waals surface area (Å²) in [6, 6.07) is 34.3. The Morgan fingerprint density at radius 3 is 2.16 bits per heavy atom. The van der Waals surface area contributed by atoms with Crippen molar-refractivity contribution in [3.05, 3.63) is 137 Å². The highest BCUT2D eigenvalue weighted by atomic mass is 32.2. The fraction of sp³-hybridized carbons (Fsp3) is 0.465. The summed E-state index contributed by atoms with van der Waals surface area (Å²) in [5, 5.41) is 14.0. The molecule has 1 aliphatic carbocycles. The molecule has 2 saturated heterocycles. The average molecular weight is 1280 g/mol. The quantitative estimate of drug-likeness (QED) is 0.0137. The molecule has 2 unspecified atom stereocenters. The summed E-state index contributed by atoms with van der Waals surface area (Å²) in [4.78, 5) is 73.2. The summed E-state index contributed by atoms with van der Waals surface area (Å²) in [7, 11) is 7.59. The van der Waals surface area contributed by atoms with Crippen molar-refractivity contribution in [2.75, 3.05) is 136 Å². The minimum atomic E-state index is -1.17. The molecule has 10 rings (SSSR count). The number of benzene rings is 5. The highest BCUT2D eigenvalue weighted by molar-refractivity contribution is 7.94. The summed E-state index contributed by atoms with van der Waals surface area (Å²) < 4.78 is 40.1.